The van der Waals surface area contributed by atoms with Crippen molar-refractivity contribution in [3.05, 3.63) is 11.8 Å². The minimum atomic E-state index is 0.876. The largest absolute Gasteiger partial charge is 0.290 e. The molecule has 2 heteroatoms. The molecular formula is C9H14N2. The first-order valence-corrected chi connectivity index (χ1v) is 4.06. The topological polar surface area (TPSA) is 24.7 Å². The molecule has 0 aromatic rings. The summed E-state index contributed by atoms with van der Waals surface area (Å²) in [6.45, 7) is 5.00. The van der Waals surface area contributed by atoms with Crippen LogP contribution in [0.2, 0.25) is 0 Å². The van der Waals surface area contributed by atoms with Crippen molar-refractivity contribution in [3.63, 3.8) is 0 Å². The first kappa shape index (κ1) is 8.18. The standard InChI is InChI=1S/C9H14N2/c1-3-11-9-5-4-6-10-7-8(9)2/h6-7H,3-5H2,1-2H3. The normalized spacial score (nSPS) is 21.6. The van der Waals surface area contributed by atoms with Gasteiger partial charge in [0.15, 0.2) is 0 Å². The Kier molecular flexibility index (Phi) is 3.02. The van der Waals surface area contributed by atoms with Crippen molar-refractivity contribution in [2.45, 2.75) is 26.7 Å². The summed E-state index contributed by atoms with van der Waals surface area (Å²) in [5, 5.41) is 0. The van der Waals surface area contributed by atoms with Gasteiger partial charge in [0.25, 0.3) is 0 Å². The van der Waals surface area contributed by atoms with Crippen molar-refractivity contribution in [2.75, 3.05) is 6.54 Å². The molecule has 0 radical (unpaired) electrons. The lowest BCUT2D eigenvalue weighted by Crippen LogP contribution is -1.99. The number of nitrogens with zero attached hydrogens (tertiary/aromatic N) is 2. The Morgan fingerprint density at radius 2 is 2.45 bits per heavy atom. The van der Waals surface area contributed by atoms with Crippen LogP contribution in [0.4, 0.5) is 0 Å². The maximum absolute atomic E-state index is 4.39. The summed E-state index contributed by atoms with van der Waals surface area (Å²) >= 11 is 0. The molecule has 0 bridgehead atoms. The zero-order chi connectivity index (χ0) is 8.10. The van der Waals surface area contributed by atoms with E-state index >= 15 is 0 Å². The molecule has 0 aromatic carbocycles. The van der Waals surface area contributed by atoms with Gasteiger partial charge >= 0.3 is 0 Å². The van der Waals surface area contributed by atoms with Gasteiger partial charge in [-0.2, -0.15) is 0 Å². The average molecular weight is 150 g/mol. The summed E-state index contributed by atoms with van der Waals surface area (Å²) in [5.41, 5.74) is 2.42. The molecule has 1 rings (SSSR count). The molecule has 1 aliphatic heterocycles. The van der Waals surface area contributed by atoms with Crippen LogP contribution in [0.25, 0.3) is 0 Å². The summed E-state index contributed by atoms with van der Waals surface area (Å²) in [5.74, 6) is 0. The predicted molar refractivity (Wildman–Crippen MR) is 49.5 cm³/mol. The van der Waals surface area contributed by atoms with Crippen LogP contribution in [0, 0.1) is 0 Å². The third-order valence-electron chi connectivity index (χ3n) is 1.69. The van der Waals surface area contributed by atoms with Crippen LogP contribution in [0.1, 0.15) is 26.7 Å². The van der Waals surface area contributed by atoms with E-state index in [0.29, 0.717) is 0 Å². The fourth-order valence-electron chi connectivity index (χ4n) is 1.11. The summed E-state index contributed by atoms with van der Waals surface area (Å²) in [6.07, 6.45) is 5.90. The van der Waals surface area contributed by atoms with Gasteiger partial charge in [-0.1, -0.05) is 0 Å². The minimum absolute atomic E-state index is 0.876. The monoisotopic (exact) mass is 150 g/mol. The van der Waals surface area contributed by atoms with Gasteiger partial charge in [0, 0.05) is 24.7 Å². The lowest BCUT2D eigenvalue weighted by atomic mass is 10.1. The van der Waals surface area contributed by atoms with E-state index in [4.69, 9.17) is 0 Å². The second-order valence-electron chi connectivity index (χ2n) is 2.60. The molecule has 0 spiro atoms. The second-order valence-corrected chi connectivity index (χ2v) is 2.60. The van der Waals surface area contributed by atoms with E-state index in [0.717, 1.165) is 19.4 Å². The first-order chi connectivity index (χ1) is 5.34. The zero-order valence-electron chi connectivity index (χ0n) is 7.17. The van der Waals surface area contributed by atoms with E-state index in [2.05, 4.69) is 23.8 Å². The van der Waals surface area contributed by atoms with Gasteiger partial charge in [-0.3, -0.25) is 9.98 Å². The third kappa shape index (κ3) is 2.30. The highest BCUT2D eigenvalue weighted by Crippen LogP contribution is 2.07. The summed E-state index contributed by atoms with van der Waals surface area (Å²) in [4.78, 5) is 8.51. The molecular weight excluding hydrogens is 136 g/mol. The molecule has 2 nitrogen and oxygen atoms in total. The average Bonchev–Trinajstić information content (AvgIpc) is 2.18. The van der Waals surface area contributed by atoms with Gasteiger partial charge in [-0.25, -0.2) is 0 Å². The van der Waals surface area contributed by atoms with Crippen molar-refractivity contribution in [2.24, 2.45) is 9.98 Å². The molecule has 0 amide bonds. The van der Waals surface area contributed by atoms with Crippen LogP contribution in [0.3, 0.4) is 0 Å². The summed E-state index contributed by atoms with van der Waals surface area (Å²) in [7, 11) is 0. The van der Waals surface area contributed by atoms with Crippen LogP contribution in [-0.4, -0.2) is 18.5 Å². The van der Waals surface area contributed by atoms with E-state index in [1.807, 2.05) is 12.4 Å². The van der Waals surface area contributed by atoms with Crippen LogP contribution >= 0.6 is 0 Å². The molecule has 0 aromatic heterocycles. The van der Waals surface area contributed by atoms with Crippen molar-refractivity contribution < 1.29 is 0 Å². The molecule has 1 aliphatic rings. The fraction of sp³-hybridized carbons (Fsp3) is 0.556. The predicted octanol–water partition coefficient (Wildman–Crippen LogP) is 2.22. The van der Waals surface area contributed by atoms with Gasteiger partial charge in [-0.05, 0) is 32.3 Å². The van der Waals surface area contributed by atoms with E-state index < -0.39 is 0 Å². The zero-order valence-corrected chi connectivity index (χ0v) is 7.17. The molecule has 0 aliphatic carbocycles. The third-order valence-corrected chi connectivity index (χ3v) is 1.69. The number of hydrogen-bond donors (Lipinski definition) is 0. The maximum atomic E-state index is 4.39. The molecule has 0 N–H and O–H groups in total. The highest BCUT2D eigenvalue weighted by Gasteiger charge is 2.02. The van der Waals surface area contributed by atoms with Gasteiger partial charge in [0.1, 0.15) is 0 Å². The number of aliphatic imine (C=N–C) groups is 2. The molecule has 0 atom stereocenters. The van der Waals surface area contributed by atoms with Gasteiger partial charge in [0.05, 0.1) is 0 Å². The van der Waals surface area contributed by atoms with Crippen molar-refractivity contribution >= 4 is 11.9 Å². The van der Waals surface area contributed by atoms with Gasteiger partial charge in [-0.15, -0.1) is 0 Å². The van der Waals surface area contributed by atoms with E-state index in [1.54, 1.807) is 0 Å². The minimum Gasteiger partial charge on any atom is -0.290 e. The Bertz CT molecular complexity index is 212. The van der Waals surface area contributed by atoms with Crippen LogP contribution in [0.5, 0.6) is 0 Å². The number of hydrogen-bond acceptors (Lipinski definition) is 2. The second kappa shape index (κ2) is 4.06. The lowest BCUT2D eigenvalue weighted by molar-refractivity contribution is 1.08. The van der Waals surface area contributed by atoms with E-state index in [9.17, 15) is 0 Å². The van der Waals surface area contributed by atoms with Crippen molar-refractivity contribution in [1.82, 2.24) is 0 Å². The quantitative estimate of drug-likeness (QED) is 0.547. The SMILES string of the molecule is CCN=C1CCC=NC=C1C. The highest BCUT2D eigenvalue weighted by molar-refractivity contribution is 6.01. The molecule has 0 unspecified atom stereocenters. The highest BCUT2D eigenvalue weighted by atomic mass is 14.7. The van der Waals surface area contributed by atoms with Crippen molar-refractivity contribution in [1.29, 1.82) is 0 Å². The Hall–Kier alpha value is -0.920. The van der Waals surface area contributed by atoms with E-state index in [1.165, 1.54) is 11.3 Å². The molecule has 0 saturated carbocycles. The first-order valence-electron chi connectivity index (χ1n) is 4.06. The number of allylic oxidation sites excluding steroid dienone is 1. The van der Waals surface area contributed by atoms with Gasteiger partial charge < -0.3 is 0 Å². The Morgan fingerprint density at radius 1 is 1.64 bits per heavy atom. The fourth-order valence-corrected chi connectivity index (χ4v) is 1.11. The molecule has 0 fully saturated rings. The smallest absolute Gasteiger partial charge is 0.0396 e. The van der Waals surface area contributed by atoms with E-state index in [-0.39, 0.29) is 0 Å². The molecule has 11 heavy (non-hydrogen) atoms. The van der Waals surface area contributed by atoms with Crippen LogP contribution in [-0.2, 0) is 0 Å². The van der Waals surface area contributed by atoms with Crippen molar-refractivity contribution in [3.8, 4) is 0 Å². The van der Waals surface area contributed by atoms with Crippen LogP contribution in [0.15, 0.2) is 21.8 Å². The summed E-state index contributed by atoms with van der Waals surface area (Å²) in [6, 6.07) is 0. The van der Waals surface area contributed by atoms with Gasteiger partial charge in [0.2, 0.25) is 0 Å². The molecule has 1 heterocycles. The maximum Gasteiger partial charge on any atom is 0.0396 e. The molecule has 60 valence electrons. The van der Waals surface area contributed by atoms with Crippen LogP contribution < -0.4 is 0 Å². The molecule has 0 saturated heterocycles. The Labute approximate surface area is 67.8 Å². The lowest BCUT2D eigenvalue weighted by Gasteiger charge is -2.00. The Balaban J connectivity index is 2.74. The number of rotatable bonds is 1. The summed E-state index contributed by atoms with van der Waals surface area (Å²) < 4.78 is 0. The Morgan fingerprint density at radius 3 is 3.18 bits per heavy atom.